The second-order valence-electron chi connectivity index (χ2n) is 4.07. The fourth-order valence-corrected chi connectivity index (χ4v) is 1.67. The summed E-state index contributed by atoms with van der Waals surface area (Å²) >= 11 is 5.74. The Hall–Kier alpha value is -1.42. The minimum absolute atomic E-state index is 0. The molecule has 0 fully saturated rings. The van der Waals surface area contributed by atoms with Gasteiger partial charge in [0, 0.05) is 26.8 Å². The van der Waals surface area contributed by atoms with Crippen molar-refractivity contribution in [2.24, 2.45) is 12.0 Å². The number of hydrogen-bond acceptors (Lipinski definition) is 4. The van der Waals surface area contributed by atoms with E-state index in [2.05, 4.69) is 30.7 Å². The van der Waals surface area contributed by atoms with Crippen LogP contribution < -0.4 is 10.6 Å². The quantitative estimate of drug-likeness (QED) is 0.337. The molecule has 0 radical (unpaired) electrons. The van der Waals surface area contributed by atoms with Crippen molar-refractivity contribution in [1.29, 1.82) is 0 Å². The fourth-order valence-electron chi connectivity index (χ4n) is 1.56. The van der Waals surface area contributed by atoms with Crippen LogP contribution >= 0.6 is 35.6 Å². The smallest absolute Gasteiger partial charge is 0.191 e. The van der Waals surface area contributed by atoms with E-state index in [1.165, 1.54) is 6.33 Å². The summed E-state index contributed by atoms with van der Waals surface area (Å²) in [5, 5.41) is 10.8. The van der Waals surface area contributed by atoms with Crippen LogP contribution in [0.3, 0.4) is 0 Å². The highest BCUT2D eigenvalue weighted by Gasteiger charge is 2.03. The largest absolute Gasteiger partial charge is 0.352 e. The van der Waals surface area contributed by atoms with Crippen molar-refractivity contribution in [3.63, 3.8) is 0 Å². The molecule has 0 aliphatic rings. The molecule has 7 nitrogen and oxygen atoms in total. The lowest BCUT2D eigenvalue weighted by molar-refractivity contribution is 0.672. The highest BCUT2D eigenvalue weighted by atomic mass is 127. The van der Waals surface area contributed by atoms with Gasteiger partial charge < -0.3 is 10.6 Å². The Morgan fingerprint density at radius 3 is 2.62 bits per heavy atom. The van der Waals surface area contributed by atoms with Gasteiger partial charge in [-0.05, 0) is 11.6 Å². The van der Waals surface area contributed by atoms with Crippen molar-refractivity contribution in [2.45, 2.75) is 13.1 Å². The molecule has 2 aromatic rings. The van der Waals surface area contributed by atoms with E-state index in [-0.39, 0.29) is 24.0 Å². The molecular weight excluding hydrogens is 405 g/mol. The van der Waals surface area contributed by atoms with Crippen LogP contribution in [0.1, 0.15) is 11.4 Å². The number of rotatable bonds is 4. The predicted octanol–water partition coefficient (Wildman–Crippen LogP) is 1.35. The first kappa shape index (κ1) is 17.6. The molecule has 0 aromatic carbocycles. The van der Waals surface area contributed by atoms with Crippen molar-refractivity contribution in [2.75, 3.05) is 7.05 Å². The molecule has 0 bridgehead atoms. The SMILES string of the molecule is CN=C(NCc1ccc(Cl)nc1)NCc1ncnn1C.I. The average molecular weight is 422 g/mol. The number of pyridine rings is 1. The average Bonchev–Trinajstić information content (AvgIpc) is 2.86. The summed E-state index contributed by atoms with van der Waals surface area (Å²) in [4.78, 5) is 12.3. The van der Waals surface area contributed by atoms with Crippen molar-refractivity contribution >= 4 is 41.5 Å². The van der Waals surface area contributed by atoms with E-state index in [9.17, 15) is 0 Å². The minimum atomic E-state index is 0. The molecule has 2 N–H and O–H groups in total. The van der Waals surface area contributed by atoms with Crippen molar-refractivity contribution < 1.29 is 0 Å². The second kappa shape index (κ2) is 8.78. The third-order valence-electron chi connectivity index (χ3n) is 2.69. The summed E-state index contributed by atoms with van der Waals surface area (Å²) < 4.78 is 1.71. The predicted molar refractivity (Wildman–Crippen MR) is 92.7 cm³/mol. The molecule has 2 rings (SSSR count). The number of aryl methyl sites for hydroxylation is 1. The van der Waals surface area contributed by atoms with Crippen LogP contribution in [-0.4, -0.2) is 32.8 Å². The van der Waals surface area contributed by atoms with Gasteiger partial charge in [-0.15, -0.1) is 24.0 Å². The molecule has 0 amide bonds. The third-order valence-corrected chi connectivity index (χ3v) is 2.91. The van der Waals surface area contributed by atoms with Crippen LogP contribution in [0.5, 0.6) is 0 Å². The molecule has 0 saturated carbocycles. The van der Waals surface area contributed by atoms with Crippen LogP contribution in [0.2, 0.25) is 5.15 Å². The standard InChI is InChI=1S/C12H16ClN7.HI/c1-14-12(17-7-11-18-8-19-20(11)2)16-6-9-3-4-10(13)15-5-9;/h3-5,8H,6-7H2,1-2H3,(H2,14,16,17);1H. The Bertz CT molecular complexity index is 582. The molecular formula is C12H17ClIN7. The van der Waals surface area contributed by atoms with E-state index in [0.717, 1.165) is 11.4 Å². The lowest BCUT2D eigenvalue weighted by Crippen LogP contribution is -2.36. The normalized spacial score (nSPS) is 10.9. The van der Waals surface area contributed by atoms with E-state index < -0.39 is 0 Å². The summed E-state index contributed by atoms with van der Waals surface area (Å²) in [6, 6.07) is 3.67. The van der Waals surface area contributed by atoms with Crippen molar-refractivity contribution in [3.8, 4) is 0 Å². The van der Waals surface area contributed by atoms with Crippen LogP contribution in [0, 0.1) is 0 Å². The van der Waals surface area contributed by atoms with Gasteiger partial charge in [0.25, 0.3) is 0 Å². The molecule has 0 spiro atoms. The van der Waals surface area contributed by atoms with Gasteiger partial charge in [-0.25, -0.2) is 9.97 Å². The maximum absolute atomic E-state index is 5.74. The van der Waals surface area contributed by atoms with E-state index in [1.807, 2.05) is 13.1 Å². The van der Waals surface area contributed by atoms with E-state index in [0.29, 0.717) is 24.2 Å². The lowest BCUT2D eigenvalue weighted by Gasteiger charge is -2.11. The Morgan fingerprint density at radius 1 is 1.29 bits per heavy atom. The van der Waals surface area contributed by atoms with Gasteiger partial charge in [-0.2, -0.15) is 5.10 Å². The summed E-state index contributed by atoms with van der Waals surface area (Å²) in [7, 11) is 3.56. The van der Waals surface area contributed by atoms with Gasteiger partial charge in [0.05, 0.1) is 6.54 Å². The maximum Gasteiger partial charge on any atom is 0.191 e. The van der Waals surface area contributed by atoms with Gasteiger partial charge in [0.2, 0.25) is 0 Å². The third kappa shape index (κ3) is 5.46. The first-order valence-corrected chi connectivity index (χ1v) is 6.44. The van der Waals surface area contributed by atoms with E-state index >= 15 is 0 Å². The molecule has 114 valence electrons. The molecule has 0 aliphatic carbocycles. The van der Waals surface area contributed by atoms with Gasteiger partial charge in [0.1, 0.15) is 17.3 Å². The maximum atomic E-state index is 5.74. The number of aromatic nitrogens is 4. The molecule has 0 unspecified atom stereocenters. The Labute approximate surface area is 145 Å². The number of aliphatic imine (C=N–C) groups is 1. The first-order chi connectivity index (χ1) is 9.69. The zero-order valence-electron chi connectivity index (χ0n) is 11.7. The Kier molecular flexibility index (Phi) is 7.37. The number of nitrogens with zero attached hydrogens (tertiary/aromatic N) is 5. The molecule has 9 heteroatoms. The number of halogens is 2. The van der Waals surface area contributed by atoms with Gasteiger partial charge in [0.15, 0.2) is 5.96 Å². The van der Waals surface area contributed by atoms with Crippen LogP contribution in [0.4, 0.5) is 0 Å². The van der Waals surface area contributed by atoms with Crippen molar-refractivity contribution in [1.82, 2.24) is 30.4 Å². The van der Waals surface area contributed by atoms with Gasteiger partial charge >= 0.3 is 0 Å². The van der Waals surface area contributed by atoms with E-state index in [1.54, 1.807) is 24.0 Å². The summed E-state index contributed by atoms with van der Waals surface area (Å²) in [6.45, 7) is 1.16. The molecule has 21 heavy (non-hydrogen) atoms. The van der Waals surface area contributed by atoms with Crippen molar-refractivity contribution in [3.05, 3.63) is 41.2 Å². The van der Waals surface area contributed by atoms with Crippen LogP contribution in [0.25, 0.3) is 0 Å². The molecule has 0 atom stereocenters. The topological polar surface area (TPSA) is 80.0 Å². The highest BCUT2D eigenvalue weighted by molar-refractivity contribution is 14.0. The molecule has 0 saturated heterocycles. The van der Waals surface area contributed by atoms with Crippen LogP contribution in [0.15, 0.2) is 29.6 Å². The van der Waals surface area contributed by atoms with Gasteiger partial charge in [-0.3, -0.25) is 9.67 Å². The summed E-state index contributed by atoms with van der Waals surface area (Å²) in [5.41, 5.74) is 1.02. The number of hydrogen-bond donors (Lipinski definition) is 2. The summed E-state index contributed by atoms with van der Waals surface area (Å²) in [6.07, 6.45) is 3.25. The first-order valence-electron chi connectivity index (χ1n) is 6.07. The Balaban J connectivity index is 0.00000220. The molecule has 0 aliphatic heterocycles. The molecule has 2 heterocycles. The number of nitrogens with one attached hydrogen (secondary N) is 2. The van der Waals surface area contributed by atoms with Gasteiger partial charge in [-0.1, -0.05) is 17.7 Å². The zero-order valence-corrected chi connectivity index (χ0v) is 14.8. The lowest BCUT2D eigenvalue weighted by atomic mass is 10.3. The number of guanidine groups is 1. The van der Waals surface area contributed by atoms with Crippen LogP contribution in [-0.2, 0) is 20.1 Å². The fraction of sp³-hybridized carbons (Fsp3) is 0.333. The van der Waals surface area contributed by atoms with E-state index in [4.69, 9.17) is 11.6 Å². The minimum Gasteiger partial charge on any atom is -0.352 e. The molecule has 2 aromatic heterocycles. The highest BCUT2D eigenvalue weighted by Crippen LogP contribution is 2.04. The Morgan fingerprint density at radius 2 is 2.05 bits per heavy atom. The zero-order chi connectivity index (χ0) is 14.4. The summed E-state index contributed by atoms with van der Waals surface area (Å²) in [5.74, 6) is 1.52. The second-order valence-corrected chi connectivity index (χ2v) is 4.46. The monoisotopic (exact) mass is 421 g/mol.